The Morgan fingerprint density at radius 1 is 1.25 bits per heavy atom. The molecule has 0 bridgehead atoms. The number of nitrogens with zero attached hydrogens (tertiary/aromatic N) is 2. The predicted molar refractivity (Wildman–Crippen MR) is 104 cm³/mol. The molecule has 1 fully saturated rings. The minimum Gasteiger partial charge on any atom is -0.371 e. The number of anilines is 1. The summed E-state index contributed by atoms with van der Waals surface area (Å²) in [5.74, 6) is 0. The molecule has 0 atom stereocenters. The van der Waals surface area contributed by atoms with Gasteiger partial charge in [-0.1, -0.05) is 37.1 Å². The summed E-state index contributed by atoms with van der Waals surface area (Å²) >= 11 is 6.09. The molecule has 0 unspecified atom stereocenters. The Hall–Kier alpha value is -1.58. The first kappa shape index (κ1) is 17.2. The number of aromatic nitrogens is 1. The highest BCUT2D eigenvalue weighted by molar-refractivity contribution is 6.31. The monoisotopic (exact) mass is 343 g/mol. The Balaban J connectivity index is 1.59. The minimum absolute atomic E-state index is 0.620. The summed E-state index contributed by atoms with van der Waals surface area (Å²) in [6.45, 7) is 5.36. The van der Waals surface area contributed by atoms with Crippen LogP contribution in [0.4, 0.5) is 5.69 Å². The van der Waals surface area contributed by atoms with E-state index in [1.165, 1.54) is 36.8 Å². The number of hydrogen-bond donors (Lipinski definition) is 1. The van der Waals surface area contributed by atoms with E-state index in [0.717, 1.165) is 30.2 Å². The molecule has 1 aliphatic heterocycles. The van der Waals surface area contributed by atoms with E-state index in [1.54, 1.807) is 0 Å². The Bertz CT molecular complexity index is 690. The third-order valence-electron chi connectivity index (χ3n) is 4.66. The number of unbranched alkanes of at least 4 members (excludes halogenated alkanes) is 1. The van der Waals surface area contributed by atoms with E-state index in [2.05, 4.69) is 46.4 Å². The van der Waals surface area contributed by atoms with Gasteiger partial charge in [0.2, 0.25) is 0 Å². The number of nitrogens with one attached hydrogen (secondary N) is 1. The molecule has 0 amide bonds. The molecule has 0 aliphatic carbocycles. The second kappa shape index (κ2) is 8.50. The highest BCUT2D eigenvalue weighted by atomic mass is 35.5. The van der Waals surface area contributed by atoms with Gasteiger partial charge in [-0.15, -0.1) is 0 Å². The number of hydrogen-bond acceptors (Lipinski definition) is 3. The molecule has 0 spiro atoms. The summed E-state index contributed by atoms with van der Waals surface area (Å²) in [6, 6.07) is 8.72. The molecule has 2 heterocycles. The molecular weight excluding hydrogens is 318 g/mol. The fourth-order valence-electron chi connectivity index (χ4n) is 3.31. The lowest BCUT2D eigenvalue weighted by Gasteiger charge is -2.34. The average Bonchev–Trinajstić information content (AvgIpc) is 2.61. The molecule has 1 aliphatic rings. The van der Waals surface area contributed by atoms with Crippen molar-refractivity contribution in [2.45, 2.75) is 38.6 Å². The number of fused-ring (bicyclic) bond motifs is 1. The fourth-order valence-corrected chi connectivity index (χ4v) is 3.48. The van der Waals surface area contributed by atoms with Crippen molar-refractivity contribution in [3.05, 3.63) is 47.6 Å². The van der Waals surface area contributed by atoms with Gasteiger partial charge in [0.15, 0.2) is 0 Å². The summed E-state index contributed by atoms with van der Waals surface area (Å²) in [6.07, 6.45) is 11.2. The number of halogens is 1. The van der Waals surface area contributed by atoms with Crippen molar-refractivity contribution in [1.29, 1.82) is 0 Å². The average molecular weight is 344 g/mol. The number of benzene rings is 1. The van der Waals surface area contributed by atoms with Crippen LogP contribution in [0.3, 0.4) is 0 Å². The molecule has 1 aromatic carbocycles. The topological polar surface area (TPSA) is 28.2 Å². The van der Waals surface area contributed by atoms with Crippen LogP contribution in [0.25, 0.3) is 10.9 Å². The van der Waals surface area contributed by atoms with E-state index < -0.39 is 0 Å². The van der Waals surface area contributed by atoms with Crippen molar-refractivity contribution in [3.63, 3.8) is 0 Å². The van der Waals surface area contributed by atoms with Crippen LogP contribution in [0.5, 0.6) is 0 Å². The van der Waals surface area contributed by atoms with Gasteiger partial charge in [-0.25, -0.2) is 0 Å². The zero-order chi connectivity index (χ0) is 16.8. The van der Waals surface area contributed by atoms with Gasteiger partial charge in [0.1, 0.15) is 0 Å². The van der Waals surface area contributed by atoms with E-state index in [0.29, 0.717) is 6.04 Å². The lowest BCUT2D eigenvalue weighted by atomic mass is 10.0. The predicted octanol–water partition coefficient (Wildman–Crippen LogP) is 4.80. The Morgan fingerprint density at radius 3 is 2.88 bits per heavy atom. The Labute approximate surface area is 149 Å². The van der Waals surface area contributed by atoms with E-state index in [4.69, 9.17) is 11.6 Å². The van der Waals surface area contributed by atoms with Crippen LogP contribution in [0.15, 0.2) is 42.6 Å². The molecule has 3 rings (SSSR count). The van der Waals surface area contributed by atoms with E-state index in [9.17, 15) is 0 Å². The second-order valence-electron chi connectivity index (χ2n) is 6.42. The molecule has 1 aromatic heterocycles. The quantitative estimate of drug-likeness (QED) is 0.763. The van der Waals surface area contributed by atoms with Crippen molar-refractivity contribution < 1.29 is 0 Å². The zero-order valence-corrected chi connectivity index (χ0v) is 15.1. The normalized spacial score (nSPS) is 16.3. The van der Waals surface area contributed by atoms with Gasteiger partial charge in [0.05, 0.1) is 5.52 Å². The zero-order valence-electron chi connectivity index (χ0n) is 14.3. The van der Waals surface area contributed by atoms with Crippen LogP contribution >= 0.6 is 11.6 Å². The minimum atomic E-state index is 0.620. The first-order valence-electron chi connectivity index (χ1n) is 8.95. The smallest absolute Gasteiger partial charge is 0.0737 e. The third kappa shape index (κ3) is 4.28. The summed E-state index contributed by atoms with van der Waals surface area (Å²) in [5, 5.41) is 5.59. The molecule has 1 N–H and O–H groups in total. The van der Waals surface area contributed by atoms with Crippen molar-refractivity contribution >= 4 is 28.2 Å². The molecule has 2 aromatic rings. The molecule has 1 saturated heterocycles. The van der Waals surface area contributed by atoms with Crippen molar-refractivity contribution in [2.24, 2.45) is 0 Å². The first-order chi connectivity index (χ1) is 11.8. The molecular formula is C20H26ClN3. The summed E-state index contributed by atoms with van der Waals surface area (Å²) in [5.41, 5.74) is 2.25. The van der Waals surface area contributed by atoms with Crippen LogP contribution in [0, 0.1) is 0 Å². The second-order valence-corrected chi connectivity index (χ2v) is 6.86. The maximum absolute atomic E-state index is 6.09. The number of piperidine rings is 1. The van der Waals surface area contributed by atoms with Crippen LogP contribution in [0.2, 0.25) is 5.02 Å². The summed E-state index contributed by atoms with van der Waals surface area (Å²) in [7, 11) is 0. The van der Waals surface area contributed by atoms with Gasteiger partial charge in [0.25, 0.3) is 0 Å². The maximum atomic E-state index is 6.09. The molecule has 0 saturated carbocycles. The van der Waals surface area contributed by atoms with Gasteiger partial charge in [-0.3, -0.25) is 4.98 Å². The Kier molecular flexibility index (Phi) is 6.11. The van der Waals surface area contributed by atoms with Gasteiger partial charge < -0.3 is 10.2 Å². The SMILES string of the molecule is CCC/C=C\CNC1CCN(c2ccnc3cc(Cl)ccc23)CC1. The van der Waals surface area contributed by atoms with Gasteiger partial charge >= 0.3 is 0 Å². The van der Waals surface area contributed by atoms with Crippen molar-refractivity contribution in [3.8, 4) is 0 Å². The number of pyridine rings is 1. The van der Waals surface area contributed by atoms with Crippen molar-refractivity contribution in [2.75, 3.05) is 24.5 Å². The van der Waals surface area contributed by atoms with Crippen LogP contribution in [0.1, 0.15) is 32.6 Å². The molecule has 24 heavy (non-hydrogen) atoms. The van der Waals surface area contributed by atoms with Crippen LogP contribution < -0.4 is 10.2 Å². The lowest BCUT2D eigenvalue weighted by molar-refractivity contribution is 0.430. The first-order valence-corrected chi connectivity index (χ1v) is 9.33. The van der Waals surface area contributed by atoms with Gasteiger partial charge in [-0.05, 0) is 43.5 Å². The molecule has 4 heteroatoms. The van der Waals surface area contributed by atoms with Gasteiger partial charge in [-0.2, -0.15) is 0 Å². The van der Waals surface area contributed by atoms with Gasteiger partial charge in [0, 0.05) is 48.0 Å². The lowest BCUT2D eigenvalue weighted by Crippen LogP contribution is -2.42. The molecule has 0 radical (unpaired) electrons. The highest BCUT2D eigenvalue weighted by Gasteiger charge is 2.20. The summed E-state index contributed by atoms with van der Waals surface area (Å²) in [4.78, 5) is 6.92. The summed E-state index contributed by atoms with van der Waals surface area (Å²) < 4.78 is 0. The van der Waals surface area contributed by atoms with Crippen molar-refractivity contribution in [1.82, 2.24) is 10.3 Å². The Morgan fingerprint density at radius 2 is 2.08 bits per heavy atom. The molecule has 3 nitrogen and oxygen atoms in total. The third-order valence-corrected chi connectivity index (χ3v) is 4.90. The van der Waals surface area contributed by atoms with Crippen LogP contribution in [-0.2, 0) is 0 Å². The fraction of sp³-hybridized carbons (Fsp3) is 0.450. The number of allylic oxidation sites excluding steroid dienone is 1. The van der Waals surface area contributed by atoms with E-state index in [-0.39, 0.29) is 0 Å². The van der Waals surface area contributed by atoms with E-state index >= 15 is 0 Å². The maximum Gasteiger partial charge on any atom is 0.0737 e. The van der Waals surface area contributed by atoms with Crippen LogP contribution in [-0.4, -0.2) is 30.7 Å². The molecule has 128 valence electrons. The highest BCUT2D eigenvalue weighted by Crippen LogP contribution is 2.29. The number of rotatable bonds is 6. The largest absolute Gasteiger partial charge is 0.371 e. The standard InChI is InChI=1S/C20H26ClN3/c1-2-3-4-5-11-22-17-9-13-24(14-10-17)20-8-12-23-19-15-16(21)6-7-18(19)20/h4-8,12,15,17,22H,2-3,9-11,13-14H2,1H3/b5-4-. The van der Waals surface area contributed by atoms with E-state index in [1.807, 2.05) is 18.3 Å².